The molecule has 7 nitrogen and oxygen atoms in total. The highest BCUT2D eigenvalue weighted by Crippen LogP contribution is 2.31. The molecule has 0 aliphatic carbocycles. The van der Waals surface area contributed by atoms with Gasteiger partial charge in [-0.15, -0.1) is 0 Å². The molecule has 2 aromatic heterocycles. The molecule has 3 aromatic carbocycles. The molecule has 2 heterocycles. The Morgan fingerprint density at radius 2 is 1.70 bits per heavy atom. The van der Waals surface area contributed by atoms with Gasteiger partial charge in [-0.25, -0.2) is 13.2 Å². The molecular weight excluding hydrogens is 569 g/mol. The molecule has 0 saturated heterocycles. The second-order valence-electron chi connectivity index (χ2n) is 10.5. The van der Waals surface area contributed by atoms with Crippen LogP contribution in [0, 0.1) is 17.5 Å². The Labute approximate surface area is 251 Å². The molecule has 0 spiro atoms. The lowest BCUT2D eigenvalue weighted by Crippen LogP contribution is -2.33. The number of pyridine rings is 1. The third-order valence-electron chi connectivity index (χ3n) is 7.46. The number of ketones is 1. The van der Waals surface area contributed by atoms with Gasteiger partial charge < -0.3 is 15.6 Å². The van der Waals surface area contributed by atoms with Gasteiger partial charge in [0.15, 0.2) is 5.78 Å². The van der Waals surface area contributed by atoms with Crippen LogP contribution in [0.15, 0.2) is 79.1 Å². The van der Waals surface area contributed by atoms with Crippen molar-refractivity contribution in [1.82, 2.24) is 14.9 Å². The van der Waals surface area contributed by atoms with Gasteiger partial charge in [-0.1, -0.05) is 37.3 Å². The predicted molar refractivity (Wildman–Crippen MR) is 160 cm³/mol. The number of hydrogen-bond acceptors (Lipinski definition) is 4. The van der Waals surface area contributed by atoms with Crippen molar-refractivity contribution in [2.75, 3.05) is 0 Å². The fourth-order valence-electron chi connectivity index (χ4n) is 5.52. The summed E-state index contributed by atoms with van der Waals surface area (Å²) in [7, 11) is 0. The Morgan fingerprint density at radius 1 is 0.955 bits per heavy atom. The molecule has 0 bridgehead atoms. The Balaban J connectivity index is 1.56. The third kappa shape index (κ3) is 6.24. The molecule has 44 heavy (non-hydrogen) atoms. The summed E-state index contributed by atoms with van der Waals surface area (Å²) < 4.78 is 44.3. The second kappa shape index (κ2) is 12.5. The summed E-state index contributed by atoms with van der Waals surface area (Å²) >= 11 is 0. The van der Waals surface area contributed by atoms with Gasteiger partial charge in [0.25, 0.3) is 5.91 Å². The molecule has 1 unspecified atom stereocenters. The summed E-state index contributed by atoms with van der Waals surface area (Å²) in [5.41, 5.74) is 8.71. The van der Waals surface area contributed by atoms with Crippen LogP contribution >= 0.6 is 0 Å². The highest BCUT2D eigenvalue weighted by atomic mass is 19.1. The van der Waals surface area contributed by atoms with Gasteiger partial charge in [0.2, 0.25) is 5.91 Å². The molecule has 224 valence electrons. The smallest absolute Gasteiger partial charge is 0.251 e. The number of nitrogens with two attached hydrogens (primary N) is 1. The summed E-state index contributed by atoms with van der Waals surface area (Å²) in [6.07, 6.45) is 3.78. The van der Waals surface area contributed by atoms with Gasteiger partial charge >= 0.3 is 0 Å². The lowest BCUT2D eigenvalue weighted by Gasteiger charge is -2.22. The van der Waals surface area contributed by atoms with Crippen LogP contribution in [-0.4, -0.2) is 27.1 Å². The number of aromatic nitrogens is 2. The minimum atomic E-state index is -0.954. The molecule has 0 radical (unpaired) electrons. The van der Waals surface area contributed by atoms with Gasteiger partial charge in [-0.05, 0) is 66.8 Å². The Bertz CT molecular complexity index is 1900. The van der Waals surface area contributed by atoms with Crippen LogP contribution in [0.3, 0.4) is 0 Å². The van der Waals surface area contributed by atoms with Crippen LogP contribution in [0.4, 0.5) is 13.2 Å². The van der Waals surface area contributed by atoms with Crippen LogP contribution in [0.5, 0.6) is 0 Å². The van der Waals surface area contributed by atoms with E-state index < -0.39 is 35.3 Å². The summed E-state index contributed by atoms with van der Waals surface area (Å²) in [6, 6.07) is 15.0. The summed E-state index contributed by atoms with van der Waals surface area (Å²) in [6.45, 7) is 3.29. The van der Waals surface area contributed by atoms with Crippen LogP contribution < -0.4 is 11.1 Å². The maximum absolute atomic E-state index is 14.3. The molecule has 0 aliphatic heterocycles. The fourth-order valence-corrected chi connectivity index (χ4v) is 5.52. The number of hydrogen-bond donors (Lipinski definition) is 2. The van der Waals surface area contributed by atoms with E-state index in [-0.39, 0.29) is 29.9 Å². The lowest BCUT2D eigenvalue weighted by molar-refractivity contribution is -0.122. The van der Waals surface area contributed by atoms with E-state index in [4.69, 9.17) is 5.73 Å². The van der Waals surface area contributed by atoms with E-state index >= 15 is 0 Å². The lowest BCUT2D eigenvalue weighted by atomic mass is 9.94. The first-order valence-electron chi connectivity index (χ1n) is 14.0. The number of fused-ring (bicyclic) bond motifs is 1. The number of rotatable bonds is 10. The summed E-state index contributed by atoms with van der Waals surface area (Å²) in [5, 5.41) is 3.69. The maximum Gasteiger partial charge on any atom is 0.251 e. The van der Waals surface area contributed by atoms with Gasteiger partial charge in [-0.2, -0.15) is 0 Å². The van der Waals surface area contributed by atoms with Crippen molar-refractivity contribution < 1.29 is 27.6 Å². The first kappa shape index (κ1) is 30.2. The number of nitrogens with one attached hydrogen (secondary N) is 1. The summed E-state index contributed by atoms with van der Waals surface area (Å²) in [5.74, 6) is -3.89. The van der Waals surface area contributed by atoms with E-state index in [0.29, 0.717) is 28.8 Å². The van der Waals surface area contributed by atoms with Gasteiger partial charge in [0.1, 0.15) is 24.0 Å². The molecular formula is C34H29F3N4O3. The monoisotopic (exact) mass is 598 g/mol. The normalized spacial score (nSPS) is 11.8. The molecule has 0 saturated carbocycles. The van der Waals surface area contributed by atoms with Crippen molar-refractivity contribution in [3.63, 3.8) is 0 Å². The topological polar surface area (TPSA) is 107 Å². The average Bonchev–Trinajstić information content (AvgIpc) is 3.35. The van der Waals surface area contributed by atoms with Crippen molar-refractivity contribution in [2.24, 2.45) is 5.73 Å². The summed E-state index contributed by atoms with van der Waals surface area (Å²) in [4.78, 5) is 42.4. The highest BCUT2D eigenvalue weighted by Gasteiger charge is 2.24. The van der Waals surface area contributed by atoms with Crippen molar-refractivity contribution >= 4 is 28.5 Å². The van der Waals surface area contributed by atoms with Crippen molar-refractivity contribution in [3.8, 4) is 11.1 Å². The van der Waals surface area contributed by atoms with E-state index in [1.165, 1.54) is 37.4 Å². The fraction of sp³-hybridized carbons (Fsp3) is 0.176. The minimum Gasteiger partial charge on any atom is -0.366 e. The first-order chi connectivity index (χ1) is 21.0. The minimum absolute atomic E-state index is 0.0420. The van der Waals surface area contributed by atoms with E-state index in [9.17, 15) is 27.6 Å². The number of halogens is 3. The van der Waals surface area contributed by atoms with E-state index in [0.717, 1.165) is 28.6 Å². The van der Waals surface area contributed by atoms with Crippen molar-refractivity contribution in [3.05, 3.63) is 125 Å². The SMILES string of the molecule is CCc1cccc2c(C(C)=O)cn(CC(=O)NC(Cc3cc(F)cc(F)c3)c3ncccc3-c3ccc(F)c(C(N)=O)c3)c12. The number of nitrogens with zero attached hydrogens (tertiary/aromatic N) is 2. The molecule has 1 atom stereocenters. The van der Waals surface area contributed by atoms with Gasteiger partial charge in [0.05, 0.1) is 22.8 Å². The number of carbonyl (C=O) groups excluding carboxylic acids is 3. The average molecular weight is 599 g/mol. The standard InChI is InChI=1S/C34H29F3N4O3/c1-3-21-6-4-7-26-28(19(2)42)17-41(33(21)26)18-31(43)40-30(14-20-12-23(35)16-24(36)13-20)32-25(8-5-11-39-32)22-9-10-29(37)27(15-22)34(38)44/h4-13,15-17,30H,3,14,18H2,1-2H3,(H2,38,44)(H,40,43). The second-order valence-corrected chi connectivity index (χ2v) is 10.5. The van der Waals surface area contributed by atoms with Crippen LogP contribution in [0.2, 0.25) is 0 Å². The van der Waals surface area contributed by atoms with Crippen LogP contribution in [0.25, 0.3) is 22.0 Å². The molecule has 2 amide bonds. The van der Waals surface area contributed by atoms with Crippen molar-refractivity contribution in [2.45, 2.75) is 39.3 Å². The van der Waals surface area contributed by atoms with E-state index in [1.54, 1.807) is 22.9 Å². The van der Waals surface area contributed by atoms with Crippen molar-refractivity contribution in [1.29, 1.82) is 0 Å². The van der Waals surface area contributed by atoms with Crippen LogP contribution in [-0.2, 0) is 24.2 Å². The molecule has 0 fully saturated rings. The quantitative estimate of drug-likeness (QED) is 0.190. The van der Waals surface area contributed by atoms with Gasteiger partial charge in [0, 0.05) is 35.0 Å². The molecule has 0 aliphatic rings. The zero-order valence-corrected chi connectivity index (χ0v) is 24.0. The first-order valence-corrected chi connectivity index (χ1v) is 14.0. The zero-order valence-electron chi connectivity index (χ0n) is 24.0. The molecule has 3 N–H and O–H groups in total. The Hall–Kier alpha value is -5.25. The number of benzene rings is 3. The number of para-hydroxylation sites is 1. The highest BCUT2D eigenvalue weighted by molar-refractivity contribution is 6.08. The number of aryl methyl sites for hydroxylation is 1. The van der Waals surface area contributed by atoms with E-state index in [2.05, 4.69) is 10.3 Å². The zero-order chi connectivity index (χ0) is 31.5. The Morgan fingerprint density at radius 3 is 2.39 bits per heavy atom. The number of primary amides is 1. The maximum atomic E-state index is 14.3. The number of Topliss-reactive ketones (excluding diaryl/α,β-unsaturated/α-hetero) is 1. The molecule has 5 rings (SSSR count). The van der Waals surface area contributed by atoms with Crippen LogP contribution in [0.1, 0.15) is 57.4 Å². The molecule has 5 aromatic rings. The third-order valence-corrected chi connectivity index (χ3v) is 7.46. The molecule has 10 heteroatoms. The number of amides is 2. The Kier molecular flexibility index (Phi) is 8.61. The van der Waals surface area contributed by atoms with Gasteiger partial charge in [-0.3, -0.25) is 19.4 Å². The predicted octanol–water partition coefficient (Wildman–Crippen LogP) is 6.08. The van der Waals surface area contributed by atoms with E-state index in [1.807, 2.05) is 25.1 Å². The largest absolute Gasteiger partial charge is 0.366 e. The number of carbonyl (C=O) groups is 3.